The van der Waals surface area contributed by atoms with Gasteiger partial charge in [0.15, 0.2) is 5.96 Å². The van der Waals surface area contributed by atoms with Gasteiger partial charge in [-0.25, -0.2) is 9.37 Å². The van der Waals surface area contributed by atoms with E-state index in [4.69, 9.17) is 9.47 Å². The lowest BCUT2D eigenvalue weighted by atomic mass is 10.3. The van der Waals surface area contributed by atoms with E-state index in [2.05, 4.69) is 20.6 Å². The molecule has 0 fully saturated rings. The monoisotopic (exact) mass is 522 g/mol. The summed E-state index contributed by atoms with van der Waals surface area (Å²) in [5, 5.41) is 6.42. The van der Waals surface area contributed by atoms with E-state index >= 15 is 0 Å². The van der Waals surface area contributed by atoms with Gasteiger partial charge in [0, 0.05) is 25.9 Å². The zero-order chi connectivity index (χ0) is 20.3. The molecule has 0 saturated carbocycles. The first-order chi connectivity index (χ1) is 14.2. The predicted octanol–water partition coefficient (Wildman–Crippen LogP) is 4.38. The Morgan fingerprint density at radius 1 is 0.967 bits per heavy atom. The summed E-state index contributed by atoms with van der Waals surface area (Å²) in [7, 11) is 1.71. The highest BCUT2D eigenvalue weighted by Crippen LogP contribution is 2.19. The Bertz CT molecular complexity index is 907. The van der Waals surface area contributed by atoms with Crippen molar-refractivity contribution >= 4 is 29.9 Å². The Kier molecular flexibility index (Phi) is 9.85. The van der Waals surface area contributed by atoms with E-state index in [1.54, 1.807) is 31.4 Å². The molecular formula is C22H24FIN4O2. The SMILES string of the molecule is CN=C(NCCOc1ccccc1)NCc1ccc(Oc2ccc(F)cc2)nc1.I. The fourth-order valence-corrected chi connectivity index (χ4v) is 2.46. The maximum atomic E-state index is 12.9. The van der Waals surface area contributed by atoms with Gasteiger partial charge in [-0.3, -0.25) is 4.99 Å². The third-order valence-corrected chi connectivity index (χ3v) is 3.92. The molecule has 30 heavy (non-hydrogen) atoms. The number of para-hydroxylation sites is 1. The molecule has 158 valence electrons. The maximum Gasteiger partial charge on any atom is 0.219 e. The minimum atomic E-state index is -0.305. The highest BCUT2D eigenvalue weighted by Gasteiger charge is 2.02. The van der Waals surface area contributed by atoms with E-state index in [0.29, 0.717) is 37.3 Å². The zero-order valence-corrected chi connectivity index (χ0v) is 18.9. The molecule has 0 aliphatic heterocycles. The van der Waals surface area contributed by atoms with E-state index in [1.165, 1.54) is 12.1 Å². The molecule has 0 aliphatic rings. The van der Waals surface area contributed by atoms with Gasteiger partial charge < -0.3 is 20.1 Å². The molecule has 0 amide bonds. The lowest BCUT2D eigenvalue weighted by Crippen LogP contribution is -2.38. The first kappa shape index (κ1) is 23.4. The Morgan fingerprint density at radius 3 is 2.40 bits per heavy atom. The summed E-state index contributed by atoms with van der Waals surface area (Å²) in [6.07, 6.45) is 1.72. The fraction of sp³-hybridized carbons (Fsp3) is 0.182. The fourth-order valence-electron chi connectivity index (χ4n) is 2.46. The average Bonchev–Trinajstić information content (AvgIpc) is 2.76. The predicted molar refractivity (Wildman–Crippen MR) is 126 cm³/mol. The lowest BCUT2D eigenvalue weighted by Gasteiger charge is -2.12. The Hall–Kier alpha value is -2.88. The summed E-state index contributed by atoms with van der Waals surface area (Å²) in [5.74, 6) is 2.19. The average molecular weight is 522 g/mol. The summed E-state index contributed by atoms with van der Waals surface area (Å²) >= 11 is 0. The van der Waals surface area contributed by atoms with Crippen molar-refractivity contribution in [3.63, 3.8) is 0 Å². The van der Waals surface area contributed by atoms with Crippen LogP contribution in [0.1, 0.15) is 5.56 Å². The second kappa shape index (κ2) is 12.6. The Balaban J connectivity index is 0.00000320. The van der Waals surface area contributed by atoms with E-state index < -0.39 is 0 Å². The Labute approximate surface area is 192 Å². The minimum Gasteiger partial charge on any atom is -0.492 e. The molecule has 2 N–H and O–H groups in total. The molecule has 3 aromatic rings. The van der Waals surface area contributed by atoms with Crippen LogP contribution in [0.25, 0.3) is 0 Å². The van der Waals surface area contributed by atoms with Gasteiger partial charge in [-0.05, 0) is 42.0 Å². The molecular weight excluding hydrogens is 498 g/mol. The van der Waals surface area contributed by atoms with Crippen LogP contribution in [0, 0.1) is 5.82 Å². The topological polar surface area (TPSA) is 67.8 Å². The Morgan fingerprint density at radius 2 is 1.73 bits per heavy atom. The largest absolute Gasteiger partial charge is 0.492 e. The van der Waals surface area contributed by atoms with Crippen LogP contribution in [-0.4, -0.2) is 31.1 Å². The van der Waals surface area contributed by atoms with Gasteiger partial charge in [0.1, 0.15) is 23.9 Å². The number of nitrogens with one attached hydrogen (secondary N) is 2. The lowest BCUT2D eigenvalue weighted by molar-refractivity contribution is 0.322. The molecule has 0 spiro atoms. The van der Waals surface area contributed by atoms with E-state index in [1.807, 2.05) is 36.4 Å². The molecule has 6 nitrogen and oxygen atoms in total. The number of nitrogens with zero attached hydrogens (tertiary/aromatic N) is 2. The van der Waals surface area contributed by atoms with Crippen LogP contribution >= 0.6 is 24.0 Å². The summed E-state index contributed by atoms with van der Waals surface area (Å²) in [5.41, 5.74) is 0.972. The molecule has 0 saturated heterocycles. The first-order valence-corrected chi connectivity index (χ1v) is 9.23. The van der Waals surface area contributed by atoms with E-state index in [0.717, 1.165) is 11.3 Å². The van der Waals surface area contributed by atoms with Crippen LogP contribution in [0.15, 0.2) is 77.9 Å². The minimum absolute atomic E-state index is 0. The molecule has 1 aromatic heterocycles. The molecule has 0 unspecified atom stereocenters. The van der Waals surface area contributed by atoms with Gasteiger partial charge in [0.2, 0.25) is 5.88 Å². The number of hydrogen-bond acceptors (Lipinski definition) is 4. The number of ether oxygens (including phenoxy) is 2. The van der Waals surface area contributed by atoms with Crippen molar-refractivity contribution in [2.24, 2.45) is 4.99 Å². The number of rotatable bonds is 8. The number of halogens is 2. The van der Waals surface area contributed by atoms with Crippen molar-refractivity contribution in [3.8, 4) is 17.4 Å². The van der Waals surface area contributed by atoms with Gasteiger partial charge in [-0.2, -0.15) is 0 Å². The quantitative estimate of drug-likeness (QED) is 0.199. The van der Waals surface area contributed by atoms with Gasteiger partial charge in [-0.1, -0.05) is 24.3 Å². The van der Waals surface area contributed by atoms with E-state index in [9.17, 15) is 4.39 Å². The summed E-state index contributed by atoms with van der Waals surface area (Å²) in [4.78, 5) is 8.46. The van der Waals surface area contributed by atoms with Crippen molar-refractivity contribution in [2.45, 2.75) is 6.54 Å². The van der Waals surface area contributed by atoms with Crippen LogP contribution in [0.2, 0.25) is 0 Å². The zero-order valence-electron chi connectivity index (χ0n) is 16.5. The second-order valence-electron chi connectivity index (χ2n) is 6.07. The van der Waals surface area contributed by atoms with Gasteiger partial charge >= 0.3 is 0 Å². The standard InChI is InChI=1S/C22H23FN4O2.HI/c1-24-22(25-13-14-28-19-5-3-2-4-6-19)27-16-17-7-12-21(26-15-17)29-20-10-8-18(23)9-11-20;/h2-12,15H,13-14,16H2,1H3,(H2,24,25,27);1H. The van der Waals surface area contributed by atoms with Gasteiger partial charge in [0.05, 0.1) is 6.54 Å². The number of benzene rings is 2. The van der Waals surface area contributed by atoms with Crippen LogP contribution in [0.3, 0.4) is 0 Å². The number of pyridine rings is 1. The third kappa shape index (κ3) is 7.86. The van der Waals surface area contributed by atoms with Crippen molar-refractivity contribution in [2.75, 3.05) is 20.2 Å². The molecule has 3 rings (SSSR count). The third-order valence-electron chi connectivity index (χ3n) is 3.92. The van der Waals surface area contributed by atoms with Crippen molar-refractivity contribution in [3.05, 3.63) is 84.3 Å². The molecule has 0 aliphatic carbocycles. The van der Waals surface area contributed by atoms with Crippen LogP contribution < -0.4 is 20.1 Å². The van der Waals surface area contributed by atoms with Crippen molar-refractivity contribution < 1.29 is 13.9 Å². The summed E-state index contributed by atoms with van der Waals surface area (Å²) < 4.78 is 24.2. The summed E-state index contributed by atoms with van der Waals surface area (Å²) in [6, 6.07) is 19.2. The van der Waals surface area contributed by atoms with E-state index in [-0.39, 0.29) is 29.8 Å². The highest BCUT2D eigenvalue weighted by atomic mass is 127. The van der Waals surface area contributed by atoms with Gasteiger partial charge in [0.25, 0.3) is 0 Å². The molecule has 2 aromatic carbocycles. The molecule has 0 radical (unpaired) electrons. The van der Waals surface area contributed by atoms with Crippen LogP contribution in [-0.2, 0) is 6.54 Å². The number of hydrogen-bond donors (Lipinski definition) is 2. The van der Waals surface area contributed by atoms with Crippen LogP contribution in [0.5, 0.6) is 17.4 Å². The number of aromatic nitrogens is 1. The second-order valence-corrected chi connectivity index (χ2v) is 6.07. The van der Waals surface area contributed by atoms with Crippen molar-refractivity contribution in [1.29, 1.82) is 0 Å². The normalized spacial score (nSPS) is 10.7. The smallest absolute Gasteiger partial charge is 0.219 e. The first-order valence-electron chi connectivity index (χ1n) is 9.23. The molecule has 1 heterocycles. The highest BCUT2D eigenvalue weighted by molar-refractivity contribution is 14.0. The number of aliphatic imine (C=N–C) groups is 1. The van der Waals surface area contributed by atoms with Gasteiger partial charge in [-0.15, -0.1) is 24.0 Å². The molecule has 0 bridgehead atoms. The molecule has 0 atom stereocenters. The number of guanidine groups is 1. The molecule has 8 heteroatoms. The van der Waals surface area contributed by atoms with Crippen LogP contribution in [0.4, 0.5) is 4.39 Å². The van der Waals surface area contributed by atoms with Crippen molar-refractivity contribution in [1.82, 2.24) is 15.6 Å². The maximum absolute atomic E-state index is 12.9. The summed E-state index contributed by atoms with van der Waals surface area (Å²) in [6.45, 7) is 1.71.